The molecule has 2 nitrogen and oxygen atoms in total. The van der Waals surface area contributed by atoms with Crippen molar-refractivity contribution in [2.45, 2.75) is 27.7 Å². The van der Waals surface area contributed by atoms with Crippen molar-refractivity contribution >= 4 is 0 Å². The summed E-state index contributed by atoms with van der Waals surface area (Å²) >= 11 is 0. The summed E-state index contributed by atoms with van der Waals surface area (Å²) in [6, 6.07) is 0. The van der Waals surface area contributed by atoms with Crippen LogP contribution in [-0.2, 0) is 0 Å². The zero-order valence-electron chi connectivity index (χ0n) is 10.6. The Morgan fingerprint density at radius 2 is 1.53 bits per heavy atom. The van der Waals surface area contributed by atoms with Crippen LogP contribution in [0.1, 0.15) is 27.7 Å². The lowest BCUT2D eigenvalue weighted by Crippen LogP contribution is -2.34. The normalized spacial score (nSPS) is 11.3. The average Bonchev–Trinajstić information content (AvgIpc) is 2.15. The molecule has 0 spiro atoms. The van der Waals surface area contributed by atoms with E-state index in [2.05, 4.69) is 44.2 Å². The van der Waals surface area contributed by atoms with Gasteiger partial charge in [0.1, 0.15) is 0 Å². The lowest BCUT2D eigenvalue weighted by atomic mass is 9.85. The van der Waals surface area contributed by atoms with Crippen LogP contribution >= 0.6 is 0 Å². The number of nitrogens with one attached hydrogen (secondary N) is 2. The second-order valence-electron chi connectivity index (χ2n) is 4.74. The summed E-state index contributed by atoms with van der Waals surface area (Å²) in [7, 11) is 0. The number of hydrogen-bond acceptors (Lipinski definition) is 2. The monoisotopic (exact) mass is 210 g/mol. The largest absolute Gasteiger partial charge is 0.315 e. The van der Waals surface area contributed by atoms with Gasteiger partial charge in [0, 0.05) is 13.1 Å². The first kappa shape index (κ1) is 14.5. The Morgan fingerprint density at radius 3 is 2.00 bits per heavy atom. The molecule has 0 aliphatic rings. The molecule has 2 N–H and O–H groups in total. The van der Waals surface area contributed by atoms with E-state index in [9.17, 15) is 0 Å². The second kappa shape index (κ2) is 8.76. The van der Waals surface area contributed by atoms with Gasteiger partial charge in [-0.05, 0) is 24.3 Å². The van der Waals surface area contributed by atoms with E-state index in [1.165, 1.54) is 0 Å². The van der Waals surface area contributed by atoms with Crippen LogP contribution in [0.4, 0.5) is 0 Å². The van der Waals surface area contributed by atoms with Crippen molar-refractivity contribution in [3.05, 3.63) is 0 Å². The van der Waals surface area contributed by atoms with Gasteiger partial charge in [0.15, 0.2) is 0 Å². The predicted octanol–water partition coefficient (Wildman–Crippen LogP) is 1.73. The zero-order valence-corrected chi connectivity index (χ0v) is 10.6. The third-order valence-electron chi connectivity index (χ3n) is 2.80. The van der Waals surface area contributed by atoms with Crippen molar-refractivity contribution in [2.24, 2.45) is 17.8 Å². The molecule has 2 heteroatoms. The van der Waals surface area contributed by atoms with Crippen molar-refractivity contribution in [1.82, 2.24) is 10.6 Å². The van der Waals surface area contributed by atoms with Gasteiger partial charge in [0.2, 0.25) is 0 Å². The molecule has 0 rings (SSSR count). The van der Waals surface area contributed by atoms with Crippen LogP contribution in [0.25, 0.3) is 0 Å². The van der Waals surface area contributed by atoms with Crippen LogP contribution in [-0.4, -0.2) is 26.2 Å². The minimum Gasteiger partial charge on any atom is -0.315 e. The fourth-order valence-corrected chi connectivity index (χ4v) is 1.85. The molecule has 88 valence electrons. The Labute approximate surface area is 95.2 Å². The summed E-state index contributed by atoms with van der Waals surface area (Å²) in [5.41, 5.74) is 0. The molecule has 0 fully saturated rings. The Hall–Kier alpha value is -0.520. The van der Waals surface area contributed by atoms with Crippen LogP contribution in [0, 0.1) is 30.1 Å². The maximum atomic E-state index is 5.14. The number of terminal acetylenes is 1. The van der Waals surface area contributed by atoms with Crippen LogP contribution in [0.2, 0.25) is 0 Å². The molecule has 0 radical (unpaired) electrons. The van der Waals surface area contributed by atoms with Gasteiger partial charge in [0.05, 0.1) is 6.54 Å². The van der Waals surface area contributed by atoms with E-state index >= 15 is 0 Å². The maximum absolute atomic E-state index is 5.14. The van der Waals surface area contributed by atoms with Crippen LogP contribution in [0.15, 0.2) is 0 Å². The van der Waals surface area contributed by atoms with Gasteiger partial charge in [-0.2, -0.15) is 0 Å². The average molecular weight is 210 g/mol. The first-order chi connectivity index (χ1) is 7.09. The highest BCUT2D eigenvalue weighted by Crippen LogP contribution is 2.19. The molecule has 15 heavy (non-hydrogen) atoms. The van der Waals surface area contributed by atoms with Crippen LogP contribution in [0.5, 0.6) is 0 Å². The van der Waals surface area contributed by atoms with E-state index in [1.54, 1.807) is 0 Å². The van der Waals surface area contributed by atoms with Crippen LogP contribution < -0.4 is 10.6 Å². The Balaban J connectivity index is 3.51. The van der Waals surface area contributed by atoms with E-state index in [4.69, 9.17) is 6.42 Å². The summed E-state index contributed by atoms with van der Waals surface area (Å²) in [5.74, 6) is 4.82. The molecule has 0 bridgehead atoms. The molecular weight excluding hydrogens is 184 g/mol. The minimum absolute atomic E-state index is 0.666. The topological polar surface area (TPSA) is 24.1 Å². The van der Waals surface area contributed by atoms with Crippen molar-refractivity contribution in [3.8, 4) is 12.3 Å². The molecule has 0 aliphatic heterocycles. The summed E-state index contributed by atoms with van der Waals surface area (Å²) in [6.07, 6.45) is 5.14. The third-order valence-corrected chi connectivity index (χ3v) is 2.80. The van der Waals surface area contributed by atoms with Gasteiger partial charge >= 0.3 is 0 Å². The van der Waals surface area contributed by atoms with Crippen molar-refractivity contribution < 1.29 is 0 Å². The lowest BCUT2D eigenvalue weighted by Gasteiger charge is -2.25. The fraction of sp³-hybridized carbons (Fsp3) is 0.846. The first-order valence-electron chi connectivity index (χ1n) is 5.94. The molecule has 0 atom stereocenters. The highest BCUT2D eigenvalue weighted by atomic mass is 14.9. The van der Waals surface area contributed by atoms with Crippen molar-refractivity contribution in [1.29, 1.82) is 0 Å². The van der Waals surface area contributed by atoms with Gasteiger partial charge in [-0.1, -0.05) is 33.6 Å². The highest BCUT2D eigenvalue weighted by Gasteiger charge is 2.16. The highest BCUT2D eigenvalue weighted by molar-refractivity contribution is 4.86. The lowest BCUT2D eigenvalue weighted by molar-refractivity contribution is 0.276. The van der Waals surface area contributed by atoms with Gasteiger partial charge in [-0.3, -0.25) is 0 Å². The van der Waals surface area contributed by atoms with E-state index in [0.717, 1.165) is 37.4 Å². The molecule has 0 unspecified atom stereocenters. The smallest absolute Gasteiger partial charge is 0.0574 e. The zero-order chi connectivity index (χ0) is 11.7. The number of hydrogen-bond donors (Lipinski definition) is 2. The Bertz CT molecular complexity index is 171. The van der Waals surface area contributed by atoms with Crippen LogP contribution in [0.3, 0.4) is 0 Å². The molecule has 0 aromatic heterocycles. The summed E-state index contributed by atoms with van der Waals surface area (Å²) in [5, 5.41) is 6.64. The van der Waals surface area contributed by atoms with E-state index in [1.807, 2.05) is 0 Å². The summed E-state index contributed by atoms with van der Waals surface area (Å²) in [4.78, 5) is 0. The molecule has 0 saturated carbocycles. The quantitative estimate of drug-likeness (QED) is 0.471. The van der Waals surface area contributed by atoms with Gasteiger partial charge in [0.25, 0.3) is 0 Å². The first-order valence-corrected chi connectivity index (χ1v) is 5.94. The van der Waals surface area contributed by atoms with Gasteiger partial charge in [-0.25, -0.2) is 0 Å². The predicted molar refractivity (Wildman–Crippen MR) is 67.7 cm³/mol. The Kier molecular flexibility index (Phi) is 8.46. The molecule has 0 heterocycles. The van der Waals surface area contributed by atoms with E-state index in [0.29, 0.717) is 6.54 Å². The standard InChI is InChI=1S/C13H26N2/c1-6-7-14-8-9-15-10-13(11(2)3)12(4)5/h1,11-15H,7-10H2,2-5H3. The van der Waals surface area contributed by atoms with Gasteiger partial charge < -0.3 is 10.6 Å². The van der Waals surface area contributed by atoms with E-state index < -0.39 is 0 Å². The van der Waals surface area contributed by atoms with E-state index in [-0.39, 0.29) is 0 Å². The Morgan fingerprint density at radius 1 is 1.00 bits per heavy atom. The molecule has 0 saturated heterocycles. The second-order valence-corrected chi connectivity index (χ2v) is 4.74. The summed E-state index contributed by atoms with van der Waals surface area (Å²) < 4.78 is 0. The summed E-state index contributed by atoms with van der Waals surface area (Å²) in [6.45, 7) is 12.9. The SMILES string of the molecule is C#CCNCCNCC(C(C)C)C(C)C. The molecule has 0 aliphatic carbocycles. The van der Waals surface area contributed by atoms with Crippen molar-refractivity contribution in [3.63, 3.8) is 0 Å². The molecular formula is C13H26N2. The molecule has 0 aromatic rings. The van der Waals surface area contributed by atoms with Crippen molar-refractivity contribution in [2.75, 3.05) is 26.2 Å². The van der Waals surface area contributed by atoms with Gasteiger partial charge in [-0.15, -0.1) is 6.42 Å². The molecule has 0 aromatic carbocycles. The minimum atomic E-state index is 0.666. The fourth-order valence-electron chi connectivity index (χ4n) is 1.85. The number of rotatable bonds is 8. The molecule has 0 amide bonds. The third kappa shape index (κ3) is 7.41. The maximum Gasteiger partial charge on any atom is 0.0574 e.